The maximum absolute atomic E-state index is 12.0. The summed E-state index contributed by atoms with van der Waals surface area (Å²) in [6.07, 6.45) is 1.62. The van der Waals surface area contributed by atoms with Crippen LogP contribution in [0.2, 0.25) is 0 Å². The number of furan rings is 2. The van der Waals surface area contributed by atoms with Crippen molar-refractivity contribution < 1.29 is 18.4 Å². The predicted octanol–water partition coefficient (Wildman–Crippen LogP) is 4.28. The first-order chi connectivity index (χ1) is 11.7. The second-order valence-electron chi connectivity index (χ2n) is 5.18. The highest BCUT2D eigenvalue weighted by molar-refractivity contribution is 9.10. The van der Waals surface area contributed by atoms with Crippen molar-refractivity contribution >= 4 is 21.8 Å². The minimum atomic E-state index is -0.250. The molecule has 5 nitrogen and oxygen atoms in total. The van der Waals surface area contributed by atoms with Gasteiger partial charge in [-0.3, -0.25) is 4.79 Å². The molecular formula is C18H16BrNO4. The molecular weight excluding hydrogens is 374 g/mol. The summed E-state index contributed by atoms with van der Waals surface area (Å²) in [5.74, 6) is 0.822. The summed E-state index contributed by atoms with van der Waals surface area (Å²) in [7, 11) is 0. The normalized spacial score (nSPS) is 10.7. The van der Waals surface area contributed by atoms with Gasteiger partial charge in [-0.2, -0.15) is 0 Å². The van der Waals surface area contributed by atoms with E-state index >= 15 is 0 Å². The number of halogens is 1. The first kappa shape index (κ1) is 16.5. The number of hydrogen-bond donors (Lipinski definition) is 1. The Labute approximate surface area is 147 Å². The summed E-state index contributed by atoms with van der Waals surface area (Å²) in [5, 5.41) is 2.82. The average Bonchev–Trinajstić information content (AvgIpc) is 3.25. The molecule has 0 fully saturated rings. The Balaban J connectivity index is 1.50. The smallest absolute Gasteiger partial charge is 0.287 e. The number of rotatable bonds is 7. The van der Waals surface area contributed by atoms with Crippen molar-refractivity contribution in [3.63, 3.8) is 0 Å². The lowest BCUT2D eigenvalue weighted by Crippen LogP contribution is -2.22. The molecule has 3 rings (SSSR count). The lowest BCUT2D eigenvalue weighted by molar-refractivity contribution is 0.0920. The molecule has 0 atom stereocenters. The first-order valence-corrected chi connectivity index (χ1v) is 8.21. The van der Waals surface area contributed by atoms with Crippen molar-refractivity contribution in [2.24, 2.45) is 0 Å². The van der Waals surface area contributed by atoms with E-state index in [1.54, 1.807) is 18.4 Å². The van der Waals surface area contributed by atoms with Crippen LogP contribution in [0.25, 0.3) is 0 Å². The summed E-state index contributed by atoms with van der Waals surface area (Å²) >= 11 is 3.18. The third kappa shape index (κ3) is 4.59. The van der Waals surface area contributed by atoms with Crippen LogP contribution in [-0.4, -0.2) is 5.91 Å². The zero-order chi connectivity index (χ0) is 16.8. The molecule has 0 aliphatic heterocycles. The van der Waals surface area contributed by atoms with Crippen LogP contribution in [0.4, 0.5) is 0 Å². The van der Waals surface area contributed by atoms with Crippen LogP contribution in [0.1, 0.15) is 27.4 Å². The molecule has 2 heterocycles. The number of nitrogens with one attached hydrogen (secondary N) is 1. The van der Waals surface area contributed by atoms with Gasteiger partial charge in [0.25, 0.3) is 5.91 Å². The van der Waals surface area contributed by atoms with Gasteiger partial charge in [-0.25, -0.2) is 0 Å². The molecule has 3 aromatic rings. The molecule has 1 N–H and O–H groups in total. The topological polar surface area (TPSA) is 64.6 Å². The predicted molar refractivity (Wildman–Crippen MR) is 91.2 cm³/mol. The Morgan fingerprint density at radius 3 is 2.71 bits per heavy atom. The average molecular weight is 390 g/mol. The van der Waals surface area contributed by atoms with Crippen LogP contribution in [0, 0.1) is 0 Å². The molecule has 0 radical (unpaired) electrons. The molecule has 0 saturated heterocycles. The molecule has 0 aliphatic carbocycles. The minimum Gasteiger partial charge on any atom is -0.467 e. The fraction of sp³-hybridized carbons (Fsp3) is 0.167. The SMILES string of the molecule is O=C(NCc1cccc(COCc2ccco2)c1)c1ccc(Br)o1. The largest absolute Gasteiger partial charge is 0.467 e. The van der Waals surface area contributed by atoms with E-state index < -0.39 is 0 Å². The van der Waals surface area contributed by atoms with Gasteiger partial charge < -0.3 is 18.9 Å². The minimum absolute atomic E-state index is 0.250. The van der Waals surface area contributed by atoms with Gasteiger partial charge in [-0.15, -0.1) is 0 Å². The number of benzene rings is 1. The zero-order valence-corrected chi connectivity index (χ0v) is 14.4. The number of amides is 1. The summed E-state index contributed by atoms with van der Waals surface area (Å²) in [5.41, 5.74) is 2.03. The molecule has 0 aliphatic rings. The van der Waals surface area contributed by atoms with E-state index in [9.17, 15) is 4.79 Å². The Morgan fingerprint density at radius 2 is 1.96 bits per heavy atom. The maximum Gasteiger partial charge on any atom is 0.287 e. The van der Waals surface area contributed by atoms with E-state index in [4.69, 9.17) is 13.6 Å². The van der Waals surface area contributed by atoms with E-state index in [1.165, 1.54) is 0 Å². The van der Waals surface area contributed by atoms with Crippen molar-refractivity contribution in [3.05, 3.63) is 82.1 Å². The van der Waals surface area contributed by atoms with Gasteiger partial charge in [0, 0.05) is 6.54 Å². The molecule has 2 aromatic heterocycles. The molecule has 124 valence electrons. The van der Waals surface area contributed by atoms with E-state index in [0.717, 1.165) is 16.9 Å². The molecule has 0 unspecified atom stereocenters. The second-order valence-corrected chi connectivity index (χ2v) is 5.96. The molecule has 0 spiro atoms. The van der Waals surface area contributed by atoms with Crippen LogP contribution < -0.4 is 5.32 Å². The van der Waals surface area contributed by atoms with Crippen LogP contribution >= 0.6 is 15.9 Å². The lowest BCUT2D eigenvalue weighted by Gasteiger charge is -2.07. The number of carbonyl (C=O) groups excluding carboxylic acids is 1. The Kier molecular flexibility index (Phi) is 5.51. The van der Waals surface area contributed by atoms with Gasteiger partial charge in [0.15, 0.2) is 10.4 Å². The highest BCUT2D eigenvalue weighted by Crippen LogP contribution is 2.14. The molecule has 1 aromatic carbocycles. The summed E-state index contributed by atoms with van der Waals surface area (Å²) in [6.45, 7) is 1.33. The van der Waals surface area contributed by atoms with E-state index in [2.05, 4.69) is 21.2 Å². The highest BCUT2D eigenvalue weighted by Gasteiger charge is 2.09. The van der Waals surface area contributed by atoms with E-state index in [1.807, 2.05) is 36.4 Å². The Morgan fingerprint density at radius 1 is 1.08 bits per heavy atom. The van der Waals surface area contributed by atoms with E-state index in [-0.39, 0.29) is 11.7 Å². The number of carbonyl (C=O) groups is 1. The summed E-state index contributed by atoms with van der Waals surface area (Å²) < 4.78 is 16.6. The number of hydrogen-bond acceptors (Lipinski definition) is 4. The maximum atomic E-state index is 12.0. The Hall–Kier alpha value is -2.31. The van der Waals surface area contributed by atoms with Crippen molar-refractivity contribution in [2.75, 3.05) is 0 Å². The third-order valence-electron chi connectivity index (χ3n) is 3.33. The van der Waals surface area contributed by atoms with Gasteiger partial charge in [0.2, 0.25) is 0 Å². The summed E-state index contributed by atoms with van der Waals surface area (Å²) in [4.78, 5) is 12.0. The summed E-state index contributed by atoms with van der Waals surface area (Å²) in [6, 6.07) is 14.9. The first-order valence-electron chi connectivity index (χ1n) is 7.42. The van der Waals surface area contributed by atoms with Crippen LogP contribution in [0.5, 0.6) is 0 Å². The van der Waals surface area contributed by atoms with Gasteiger partial charge in [-0.05, 0) is 51.3 Å². The van der Waals surface area contributed by atoms with Gasteiger partial charge in [0.1, 0.15) is 12.4 Å². The van der Waals surface area contributed by atoms with Gasteiger partial charge in [0.05, 0.1) is 12.9 Å². The lowest BCUT2D eigenvalue weighted by atomic mass is 10.1. The van der Waals surface area contributed by atoms with Crippen LogP contribution in [-0.2, 0) is 24.5 Å². The third-order valence-corrected chi connectivity index (χ3v) is 3.76. The Bertz CT molecular complexity index is 795. The number of ether oxygens (including phenoxy) is 1. The molecule has 0 saturated carbocycles. The van der Waals surface area contributed by atoms with Gasteiger partial charge in [-0.1, -0.05) is 24.3 Å². The van der Waals surface area contributed by atoms with Crippen molar-refractivity contribution in [1.29, 1.82) is 0 Å². The van der Waals surface area contributed by atoms with Crippen LogP contribution in [0.15, 0.2) is 68.3 Å². The fourth-order valence-corrected chi connectivity index (χ4v) is 2.51. The van der Waals surface area contributed by atoms with Crippen LogP contribution in [0.3, 0.4) is 0 Å². The van der Waals surface area contributed by atoms with Crippen molar-refractivity contribution in [3.8, 4) is 0 Å². The second kappa shape index (κ2) is 7.99. The molecule has 24 heavy (non-hydrogen) atoms. The monoisotopic (exact) mass is 389 g/mol. The fourth-order valence-electron chi connectivity index (χ4n) is 2.20. The highest BCUT2D eigenvalue weighted by atomic mass is 79.9. The molecule has 0 bridgehead atoms. The quantitative estimate of drug-likeness (QED) is 0.654. The van der Waals surface area contributed by atoms with E-state index in [0.29, 0.717) is 24.4 Å². The van der Waals surface area contributed by atoms with Crippen molar-refractivity contribution in [2.45, 2.75) is 19.8 Å². The molecule has 6 heteroatoms. The van der Waals surface area contributed by atoms with Gasteiger partial charge >= 0.3 is 0 Å². The standard InChI is InChI=1S/C18H16BrNO4/c19-17-7-6-16(24-17)18(21)20-10-13-3-1-4-14(9-13)11-22-12-15-5-2-8-23-15/h1-9H,10-12H2,(H,20,21). The molecule has 1 amide bonds. The zero-order valence-electron chi connectivity index (χ0n) is 12.8. The van der Waals surface area contributed by atoms with Crippen molar-refractivity contribution in [1.82, 2.24) is 5.32 Å².